The molecule has 0 aliphatic carbocycles. The van der Waals surface area contributed by atoms with E-state index >= 15 is 0 Å². The van der Waals surface area contributed by atoms with Crippen molar-refractivity contribution in [2.75, 3.05) is 44.8 Å². The average molecular weight is 304 g/mol. The minimum Gasteiger partial charge on any atom is -0.378 e. The number of nitrogens with zero attached hydrogens (tertiary/aromatic N) is 2. The summed E-state index contributed by atoms with van der Waals surface area (Å²) in [5.41, 5.74) is 1.99. The molecule has 122 valence electrons. The Labute approximate surface area is 134 Å². The van der Waals surface area contributed by atoms with Crippen molar-refractivity contribution in [1.29, 1.82) is 0 Å². The van der Waals surface area contributed by atoms with Crippen LogP contribution in [0.15, 0.2) is 24.3 Å². The molecular formula is C18H28N2O2. The predicted octanol–water partition coefficient (Wildman–Crippen LogP) is 2.83. The fourth-order valence-electron chi connectivity index (χ4n) is 3.06. The van der Waals surface area contributed by atoms with E-state index in [4.69, 9.17) is 4.74 Å². The number of rotatable bonds is 7. The van der Waals surface area contributed by atoms with Gasteiger partial charge in [0.25, 0.3) is 0 Å². The van der Waals surface area contributed by atoms with Gasteiger partial charge in [0, 0.05) is 24.3 Å². The summed E-state index contributed by atoms with van der Waals surface area (Å²) in [7, 11) is 2.04. The van der Waals surface area contributed by atoms with Gasteiger partial charge in [0.2, 0.25) is 0 Å². The Morgan fingerprint density at radius 3 is 2.41 bits per heavy atom. The van der Waals surface area contributed by atoms with Gasteiger partial charge < -0.3 is 9.64 Å². The lowest BCUT2D eigenvalue weighted by Gasteiger charge is -2.29. The molecule has 0 amide bonds. The van der Waals surface area contributed by atoms with Crippen LogP contribution < -0.4 is 4.90 Å². The molecule has 22 heavy (non-hydrogen) atoms. The zero-order valence-corrected chi connectivity index (χ0v) is 14.0. The van der Waals surface area contributed by atoms with Crippen LogP contribution in [0.4, 0.5) is 5.69 Å². The quantitative estimate of drug-likeness (QED) is 0.725. The number of Topliss-reactive ketones (excluding diaryl/α,β-unsaturated/α-hetero) is 1. The van der Waals surface area contributed by atoms with Crippen molar-refractivity contribution < 1.29 is 9.53 Å². The van der Waals surface area contributed by atoms with E-state index in [1.807, 2.05) is 19.2 Å². The molecule has 1 aromatic carbocycles. The summed E-state index contributed by atoms with van der Waals surface area (Å²) < 4.78 is 5.38. The molecule has 1 fully saturated rings. The molecule has 4 nitrogen and oxygen atoms in total. The monoisotopic (exact) mass is 304 g/mol. The van der Waals surface area contributed by atoms with Crippen LogP contribution in [0.3, 0.4) is 0 Å². The number of hydrogen-bond donors (Lipinski definition) is 0. The van der Waals surface area contributed by atoms with Gasteiger partial charge in [-0.05, 0) is 50.7 Å². The molecule has 0 saturated carbocycles. The molecule has 2 rings (SSSR count). The first-order valence-corrected chi connectivity index (χ1v) is 8.34. The molecule has 1 atom stereocenters. The Bertz CT molecular complexity index is 466. The molecule has 1 saturated heterocycles. The highest BCUT2D eigenvalue weighted by Gasteiger charge is 2.22. The Hall–Kier alpha value is -1.39. The second-order valence-corrected chi connectivity index (χ2v) is 5.92. The van der Waals surface area contributed by atoms with Gasteiger partial charge in [-0.15, -0.1) is 0 Å². The van der Waals surface area contributed by atoms with Gasteiger partial charge in [0.1, 0.15) is 0 Å². The molecular weight excluding hydrogens is 276 g/mol. The fraction of sp³-hybridized carbons (Fsp3) is 0.611. The highest BCUT2D eigenvalue weighted by molar-refractivity contribution is 6.00. The highest BCUT2D eigenvalue weighted by Crippen LogP contribution is 2.19. The molecule has 0 aromatic heterocycles. The lowest BCUT2D eigenvalue weighted by molar-refractivity contribution is 0.0846. The van der Waals surface area contributed by atoms with Crippen LogP contribution in [0.2, 0.25) is 0 Å². The number of likely N-dealkylation sites (N-methyl/N-ethyl adjacent to an activating group) is 1. The SMILES string of the molecule is CCCN(C)C(CC)C(=O)c1ccc(N2CCOCC2)cc1. The topological polar surface area (TPSA) is 32.8 Å². The molecule has 4 heteroatoms. The van der Waals surface area contributed by atoms with Crippen LogP contribution in [0, 0.1) is 0 Å². The summed E-state index contributed by atoms with van der Waals surface area (Å²) in [5, 5.41) is 0. The Morgan fingerprint density at radius 1 is 1.23 bits per heavy atom. The van der Waals surface area contributed by atoms with E-state index in [-0.39, 0.29) is 11.8 Å². The molecule has 1 heterocycles. The molecule has 1 aromatic rings. The largest absolute Gasteiger partial charge is 0.378 e. The highest BCUT2D eigenvalue weighted by atomic mass is 16.5. The number of ether oxygens (including phenoxy) is 1. The van der Waals surface area contributed by atoms with Crippen molar-refractivity contribution in [3.05, 3.63) is 29.8 Å². The Kier molecular flexibility index (Phi) is 6.40. The van der Waals surface area contributed by atoms with Crippen LogP contribution in [-0.4, -0.2) is 56.6 Å². The third kappa shape index (κ3) is 4.08. The molecule has 1 unspecified atom stereocenters. The standard InChI is InChI=1S/C18H28N2O2/c1-4-10-19(3)17(5-2)18(21)15-6-8-16(9-7-15)20-11-13-22-14-12-20/h6-9,17H,4-5,10-14H2,1-3H3. The first-order chi connectivity index (χ1) is 10.7. The number of ketones is 1. The first-order valence-electron chi connectivity index (χ1n) is 8.34. The molecule has 0 radical (unpaired) electrons. The minimum absolute atomic E-state index is 0.0193. The average Bonchev–Trinajstić information content (AvgIpc) is 2.56. The Balaban J connectivity index is 2.06. The lowest BCUT2D eigenvalue weighted by Crippen LogP contribution is -2.38. The zero-order valence-electron chi connectivity index (χ0n) is 14.0. The molecule has 1 aliphatic rings. The van der Waals surface area contributed by atoms with Gasteiger partial charge in [-0.25, -0.2) is 0 Å². The Morgan fingerprint density at radius 2 is 1.86 bits per heavy atom. The number of morpholine rings is 1. The smallest absolute Gasteiger partial charge is 0.179 e. The van der Waals surface area contributed by atoms with Crippen molar-refractivity contribution in [3.8, 4) is 0 Å². The number of carbonyl (C=O) groups is 1. The summed E-state index contributed by atoms with van der Waals surface area (Å²) in [6.45, 7) is 8.58. The molecule has 0 spiro atoms. The number of hydrogen-bond acceptors (Lipinski definition) is 4. The second kappa shape index (κ2) is 8.30. The third-order valence-electron chi connectivity index (χ3n) is 4.33. The minimum atomic E-state index is -0.0193. The molecule has 0 N–H and O–H groups in total. The maximum atomic E-state index is 12.7. The van der Waals surface area contributed by atoms with Gasteiger partial charge in [-0.2, -0.15) is 0 Å². The van der Waals surface area contributed by atoms with Crippen molar-refractivity contribution in [1.82, 2.24) is 4.90 Å². The molecule has 0 bridgehead atoms. The maximum Gasteiger partial charge on any atom is 0.179 e. The van der Waals surface area contributed by atoms with Crippen LogP contribution in [0.1, 0.15) is 37.0 Å². The normalized spacial score (nSPS) is 16.8. The van der Waals surface area contributed by atoms with Crippen molar-refractivity contribution in [2.45, 2.75) is 32.7 Å². The van der Waals surface area contributed by atoms with E-state index in [2.05, 4.69) is 35.8 Å². The van der Waals surface area contributed by atoms with E-state index in [0.717, 1.165) is 51.3 Å². The maximum absolute atomic E-state index is 12.7. The summed E-state index contributed by atoms with van der Waals surface area (Å²) in [5.74, 6) is 0.229. The van der Waals surface area contributed by atoms with Gasteiger partial charge in [0.15, 0.2) is 5.78 Å². The predicted molar refractivity (Wildman–Crippen MR) is 90.8 cm³/mol. The van der Waals surface area contributed by atoms with Gasteiger partial charge in [-0.1, -0.05) is 13.8 Å². The van der Waals surface area contributed by atoms with Crippen LogP contribution in [-0.2, 0) is 4.74 Å². The van der Waals surface area contributed by atoms with Crippen LogP contribution in [0.5, 0.6) is 0 Å². The number of benzene rings is 1. The van der Waals surface area contributed by atoms with Crippen LogP contribution in [0.25, 0.3) is 0 Å². The number of anilines is 1. The van der Waals surface area contributed by atoms with Gasteiger partial charge >= 0.3 is 0 Å². The third-order valence-corrected chi connectivity index (χ3v) is 4.33. The van der Waals surface area contributed by atoms with E-state index in [1.165, 1.54) is 5.69 Å². The summed E-state index contributed by atoms with van der Waals surface area (Å²) in [6, 6.07) is 8.04. The first kappa shape index (κ1) is 17.0. The van der Waals surface area contributed by atoms with E-state index in [1.54, 1.807) is 0 Å². The van der Waals surface area contributed by atoms with E-state index < -0.39 is 0 Å². The molecule has 1 aliphatic heterocycles. The van der Waals surface area contributed by atoms with Gasteiger partial charge in [0.05, 0.1) is 19.3 Å². The summed E-state index contributed by atoms with van der Waals surface area (Å²) >= 11 is 0. The van der Waals surface area contributed by atoms with E-state index in [0.29, 0.717) is 0 Å². The fourth-order valence-corrected chi connectivity index (χ4v) is 3.06. The summed E-state index contributed by atoms with van der Waals surface area (Å²) in [6.07, 6.45) is 1.91. The van der Waals surface area contributed by atoms with Crippen molar-refractivity contribution >= 4 is 11.5 Å². The second-order valence-electron chi connectivity index (χ2n) is 5.92. The lowest BCUT2D eigenvalue weighted by atomic mass is 10.0. The van der Waals surface area contributed by atoms with Crippen molar-refractivity contribution in [2.24, 2.45) is 0 Å². The van der Waals surface area contributed by atoms with E-state index in [9.17, 15) is 4.79 Å². The van der Waals surface area contributed by atoms with Crippen molar-refractivity contribution in [3.63, 3.8) is 0 Å². The van der Waals surface area contributed by atoms with Crippen LogP contribution >= 0.6 is 0 Å². The zero-order chi connectivity index (χ0) is 15.9. The summed E-state index contributed by atoms with van der Waals surface area (Å²) in [4.78, 5) is 17.2. The number of carbonyl (C=O) groups excluding carboxylic acids is 1. The van der Waals surface area contributed by atoms with Gasteiger partial charge in [-0.3, -0.25) is 9.69 Å².